The number of amides is 1. The average Bonchev–Trinajstić information content (AvgIpc) is 3.46. The molecular formula is C27H33N3O2S. The molecule has 3 N–H and O–H groups in total. The summed E-state index contributed by atoms with van der Waals surface area (Å²) in [4.78, 5) is 17.8. The number of benzene rings is 2. The van der Waals surface area contributed by atoms with Crippen LogP contribution in [0.15, 0.2) is 42.6 Å². The van der Waals surface area contributed by atoms with Gasteiger partial charge in [-0.05, 0) is 79.5 Å². The van der Waals surface area contributed by atoms with Crippen LogP contribution in [0.1, 0.15) is 69.2 Å². The van der Waals surface area contributed by atoms with E-state index in [4.69, 9.17) is 15.5 Å². The highest BCUT2D eigenvalue weighted by Gasteiger charge is 2.26. The van der Waals surface area contributed by atoms with Crippen molar-refractivity contribution in [3.05, 3.63) is 59.3 Å². The van der Waals surface area contributed by atoms with Gasteiger partial charge in [0.1, 0.15) is 10.8 Å². The summed E-state index contributed by atoms with van der Waals surface area (Å²) in [6.45, 7) is 8.59. The maximum absolute atomic E-state index is 11.8. The molecule has 1 aliphatic carbocycles. The first-order valence-corrected chi connectivity index (χ1v) is 12.6. The Morgan fingerprint density at radius 3 is 2.82 bits per heavy atom. The summed E-state index contributed by atoms with van der Waals surface area (Å²) in [6.07, 6.45) is 5.01. The molecule has 2 unspecified atom stereocenters. The Balaban J connectivity index is 1.65. The lowest BCUT2D eigenvalue weighted by atomic mass is 9.96. The summed E-state index contributed by atoms with van der Waals surface area (Å²) in [5.41, 5.74) is 11.6. The first-order chi connectivity index (χ1) is 15.9. The largest absolute Gasteiger partial charge is 0.491 e. The molecule has 0 saturated heterocycles. The SMILES string of the molecule is CCC(C)c1cc(-c2ncc(-c3cccc4c3CCC4NC(=O)CN)s2)ccc1OC(C)C. The van der Waals surface area contributed by atoms with Crippen molar-refractivity contribution in [3.63, 3.8) is 0 Å². The summed E-state index contributed by atoms with van der Waals surface area (Å²) in [6, 6.07) is 12.8. The highest BCUT2D eigenvalue weighted by molar-refractivity contribution is 7.18. The van der Waals surface area contributed by atoms with Crippen molar-refractivity contribution in [2.24, 2.45) is 5.73 Å². The van der Waals surface area contributed by atoms with Crippen LogP contribution in [0.5, 0.6) is 5.75 Å². The molecule has 0 bridgehead atoms. The Morgan fingerprint density at radius 1 is 1.27 bits per heavy atom. The number of carbonyl (C=O) groups is 1. The number of carbonyl (C=O) groups excluding carboxylic acids is 1. The van der Waals surface area contributed by atoms with E-state index in [-0.39, 0.29) is 24.6 Å². The predicted octanol–water partition coefficient (Wildman–Crippen LogP) is 5.84. The number of hydrogen-bond donors (Lipinski definition) is 2. The van der Waals surface area contributed by atoms with Gasteiger partial charge >= 0.3 is 0 Å². The molecule has 6 heteroatoms. The van der Waals surface area contributed by atoms with E-state index in [0.29, 0.717) is 5.92 Å². The standard InChI is InChI=1S/C27H33N3O2S/c1-5-17(4)22-13-18(9-12-24(22)32-16(2)3)27-29-15-25(33-27)21-8-6-7-20-19(21)10-11-23(20)30-26(31)14-28/h6-9,12-13,15-17,23H,5,10-11,14,28H2,1-4H3,(H,30,31). The van der Waals surface area contributed by atoms with E-state index in [9.17, 15) is 4.79 Å². The topological polar surface area (TPSA) is 77.2 Å². The van der Waals surface area contributed by atoms with E-state index in [1.54, 1.807) is 11.3 Å². The van der Waals surface area contributed by atoms with Gasteiger partial charge in [-0.2, -0.15) is 0 Å². The second-order valence-corrected chi connectivity index (χ2v) is 10.0. The fourth-order valence-corrected chi connectivity index (χ4v) is 5.43. The molecule has 5 nitrogen and oxygen atoms in total. The van der Waals surface area contributed by atoms with Crippen LogP contribution in [0.25, 0.3) is 21.0 Å². The summed E-state index contributed by atoms with van der Waals surface area (Å²) in [5, 5.41) is 4.06. The van der Waals surface area contributed by atoms with Crippen LogP contribution in [0.2, 0.25) is 0 Å². The molecule has 1 aliphatic rings. The lowest BCUT2D eigenvalue weighted by molar-refractivity contribution is -0.120. The second kappa shape index (κ2) is 10.1. The van der Waals surface area contributed by atoms with E-state index in [0.717, 1.165) is 40.5 Å². The molecule has 0 saturated carbocycles. The monoisotopic (exact) mass is 463 g/mol. The minimum atomic E-state index is -0.111. The van der Waals surface area contributed by atoms with Gasteiger partial charge in [-0.15, -0.1) is 11.3 Å². The van der Waals surface area contributed by atoms with Crippen molar-refractivity contribution in [1.82, 2.24) is 10.3 Å². The summed E-state index contributed by atoms with van der Waals surface area (Å²) in [5.74, 6) is 1.27. The third kappa shape index (κ3) is 4.97. The average molecular weight is 464 g/mol. The van der Waals surface area contributed by atoms with Gasteiger partial charge < -0.3 is 15.8 Å². The number of ether oxygens (including phenoxy) is 1. The maximum Gasteiger partial charge on any atom is 0.234 e. The van der Waals surface area contributed by atoms with E-state index in [1.807, 2.05) is 6.20 Å². The van der Waals surface area contributed by atoms with Crippen LogP contribution in [0, 0.1) is 0 Å². The Bertz CT molecular complexity index is 1140. The number of thiazole rings is 1. The molecule has 2 atom stereocenters. The van der Waals surface area contributed by atoms with Crippen LogP contribution in [0.3, 0.4) is 0 Å². The predicted molar refractivity (Wildman–Crippen MR) is 136 cm³/mol. The zero-order valence-electron chi connectivity index (χ0n) is 19.9. The van der Waals surface area contributed by atoms with Crippen LogP contribution < -0.4 is 15.8 Å². The van der Waals surface area contributed by atoms with Gasteiger partial charge in [0, 0.05) is 11.8 Å². The van der Waals surface area contributed by atoms with Crippen LogP contribution in [-0.4, -0.2) is 23.5 Å². The van der Waals surface area contributed by atoms with E-state index < -0.39 is 0 Å². The van der Waals surface area contributed by atoms with Gasteiger partial charge in [-0.3, -0.25) is 4.79 Å². The number of nitrogens with one attached hydrogen (secondary N) is 1. The fraction of sp³-hybridized carbons (Fsp3) is 0.407. The lowest BCUT2D eigenvalue weighted by Gasteiger charge is -2.18. The van der Waals surface area contributed by atoms with E-state index >= 15 is 0 Å². The zero-order valence-corrected chi connectivity index (χ0v) is 20.7. The minimum absolute atomic E-state index is 0.0172. The summed E-state index contributed by atoms with van der Waals surface area (Å²) < 4.78 is 6.07. The quantitative estimate of drug-likeness (QED) is 0.440. The molecule has 1 amide bonds. The number of nitrogens with zero attached hydrogens (tertiary/aromatic N) is 1. The summed E-state index contributed by atoms with van der Waals surface area (Å²) >= 11 is 1.71. The molecule has 0 fully saturated rings. The van der Waals surface area contributed by atoms with Crippen molar-refractivity contribution in [3.8, 4) is 26.8 Å². The van der Waals surface area contributed by atoms with Crippen molar-refractivity contribution in [2.45, 2.75) is 65.0 Å². The lowest BCUT2D eigenvalue weighted by Crippen LogP contribution is -2.32. The van der Waals surface area contributed by atoms with Crippen molar-refractivity contribution < 1.29 is 9.53 Å². The van der Waals surface area contributed by atoms with E-state index in [2.05, 4.69) is 69.4 Å². The normalized spacial score (nSPS) is 16.0. The van der Waals surface area contributed by atoms with Gasteiger partial charge in [0.05, 0.1) is 23.6 Å². The molecule has 3 aromatic rings. The molecule has 33 heavy (non-hydrogen) atoms. The molecule has 1 aromatic heterocycles. The second-order valence-electron chi connectivity index (χ2n) is 8.99. The minimum Gasteiger partial charge on any atom is -0.491 e. The number of nitrogens with two attached hydrogens (primary N) is 1. The Morgan fingerprint density at radius 2 is 2.09 bits per heavy atom. The van der Waals surface area contributed by atoms with Crippen LogP contribution in [0.4, 0.5) is 0 Å². The van der Waals surface area contributed by atoms with Gasteiger partial charge in [-0.25, -0.2) is 4.98 Å². The maximum atomic E-state index is 11.8. The van der Waals surface area contributed by atoms with Gasteiger partial charge in [-0.1, -0.05) is 32.0 Å². The number of hydrogen-bond acceptors (Lipinski definition) is 5. The van der Waals surface area contributed by atoms with Gasteiger partial charge in [0.15, 0.2) is 0 Å². The van der Waals surface area contributed by atoms with Crippen molar-refractivity contribution in [1.29, 1.82) is 0 Å². The molecule has 1 heterocycles. The highest BCUT2D eigenvalue weighted by Crippen LogP contribution is 2.42. The Kier molecular flexibility index (Phi) is 7.15. The molecule has 174 valence electrons. The molecule has 0 aliphatic heterocycles. The fourth-order valence-electron chi connectivity index (χ4n) is 4.47. The van der Waals surface area contributed by atoms with E-state index in [1.165, 1.54) is 22.3 Å². The molecular weight excluding hydrogens is 430 g/mol. The van der Waals surface area contributed by atoms with Crippen LogP contribution in [-0.2, 0) is 11.2 Å². The first-order valence-electron chi connectivity index (χ1n) is 11.8. The number of aromatic nitrogens is 1. The third-order valence-corrected chi connectivity index (χ3v) is 7.40. The smallest absolute Gasteiger partial charge is 0.234 e. The Labute approximate surface area is 200 Å². The Hall–Kier alpha value is -2.70. The van der Waals surface area contributed by atoms with Crippen molar-refractivity contribution >= 4 is 17.2 Å². The van der Waals surface area contributed by atoms with Gasteiger partial charge in [0.2, 0.25) is 5.91 Å². The zero-order chi connectivity index (χ0) is 23.5. The molecule has 2 aromatic carbocycles. The number of fused-ring (bicyclic) bond motifs is 1. The highest BCUT2D eigenvalue weighted by atomic mass is 32.1. The number of rotatable bonds is 8. The third-order valence-electron chi connectivity index (χ3n) is 6.33. The molecule has 0 radical (unpaired) electrons. The first kappa shape index (κ1) is 23.5. The van der Waals surface area contributed by atoms with Crippen LogP contribution >= 0.6 is 11.3 Å². The molecule has 4 rings (SSSR count). The molecule has 0 spiro atoms. The van der Waals surface area contributed by atoms with Crippen molar-refractivity contribution in [2.75, 3.05) is 6.54 Å². The van der Waals surface area contributed by atoms with Gasteiger partial charge in [0.25, 0.3) is 0 Å². The summed E-state index contributed by atoms with van der Waals surface area (Å²) in [7, 11) is 0.